The van der Waals surface area contributed by atoms with Crippen molar-refractivity contribution in [3.8, 4) is 0 Å². The van der Waals surface area contributed by atoms with Gasteiger partial charge in [-0.05, 0) is 50.1 Å². The molecule has 3 nitrogen and oxygen atoms in total. The van der Waals surface area contributed by atoms with Crippen molar-refractivity contribution in [2.24, 2.45) is 5.92 Å². The lowest BCUT2D eigenvalue weighted by atomic mass is 9.81. The van der Waals surface area contributed by atoms with E-state index >= 15 is 0 Å². The normalized spacial score (nSPS) is 29.4. The number of hydrogen-bond donors (Lipinski definition) is 0. The van der Waals surface area contributed by atoms with Crippen molar-refractivity contribution in [1.29, 1.82) is 0 Å². The molecule has 114 valence electrons. The second-order valence-electron chi connectivity index (χ2n) is 6.39. The van der Waals surface area contributed by atoms with Crippen molar-refractivity contribution in [3.05, 3.63) is 35.1 Å². The molecule has 2 aliphatic heterocycles. The number of carbonyl (C=O) groups is 1. The third kappa shape index (κ3) is 3.01. The monoisotopic (exact) mass is 291 g/mol. The SMILES string of the molecule is Cc1cc(F)ccc1CC(=O)C1CC2COCC(C1)N2C. The Hall–Kier alpha value is -1.26. The van der Waals surface area contributed by atoms with Crippen molar-refractivity contribution >= 4 is 5.78 Å². The number of aryl methyl sites for hydroxylation is 1. The number of Topliss-reactive ketones (excluding diaryl/α,β-unsaturated/α-hetero) is 1. The number of ether oxygens (including phenoxy) is 1. The highest BCUT2D eigenvalue weighted by molar-refractivity contribution is 5.83. The highest BCUT2D eigenvalue weighted by Gasteiger charge is 2.39. The smallest absolute Gasteiger partial charge is 0.140 e. The van der Waals surface area contributed by atoms with E-state index in [0.29, 0.717) is 18.5 Å². The molecule has 2 unspecified atom stereocenters. The molecule has 0 spiro atoms. The molecule has 4 heteroatoms. The maximum Gasteiger partial charge on any atom is 0.140 e. The Bertz CT molecular complexity index is 532. The predicted octanol–water partition coefficient (Wildman–Crippen LogP) is 2.35. The third-order valence-corrected chi connectivity index (χ3v) is 5.01. The van der Waals surface area contributed by atoms with E-state index in [-0.39, 0.29) is 17.5 Å². The average molecular weight is 291 g/mol. The molecule has 21 heavy (non-hydrogen) atoms. The van der Waals surface area contributed by atoms with Gasteiger partial charge in [0, 0.05) is 24.4 Å². The van der Waals surface area contributed by atoms with Crippen LogP contribution < -0.4 is 0 Å². The zero-order valence-electron chi connectivity index (χ0n) is 12.6. The van der Waals surface area contributed by atoms with Crippen LogP contribution in [0, 0.1) is 18.7 Å². The highest BCUT2D eigenvalue weighted by atomic mass is 19.1. The summed E-state index contributed by atoms with van der Waals surface area (Å²) in [5.74, 6) is 0.161. The molecule has 0 saturated carbocycles. The third-order valence-electron chi connectivity index (χ3n) is 5.01. The van der Waals surface area contributed by atoms with Crippen LogP contribution in [-0.2, 0) is 16.0 Å². The number of morpholine rings is 1. The topological polar surface area (TPSA) is 29.5 Å². The van der Waals surface area contributed by atoms with Crippen molar-refractivity contribution in [2.45, 2.75) is 38.3 Å². The summed E-state index contributed by atoms with van der Waals surface area (Å²) in [6, 6.07) is 5.40. The van der Waals surface area contributed by atoms with Crippen LogP contribution in [0.15, 0.2) is 18.2 Å². The second-order valence-corrected chi connectivity index (χ2v) is 6.39. The highest BCUT2D eigenvalue weighted by Crippen LogP contribution is 2.31. The Labute approximate surface area is 125 Å². The zero-order chi connectivity index (χ0) is 15.0. The number of piperidine rings is 1. The second kappa shape index (κ2) is 5.85. The molecule has 2 saturated heterocycles. The Morgan fingerprint density at radius 1 is 1.33 bits per heavy atom. The van der Waals surface area contributed by atoms with Gasteiger partial charge in [0.25, 0.3) is 0 Å². The molecule has 0 aliphatic carbocycles. The number of hydrogen-bond acceptors (Lipinski definition) is 3. The first-order valence-electron chi connectivity index (χ1n) is 7.62. The number of nitrogens with zero attached hydrogens (tertiary/aromatic N) is 1. The van der Waals surface area contributed by atoms with E-state index in [2.05, 4.69) is 11.9 Å². The summed E-state index contributed by atoms with van der Waals surface area (Å²) in [5.41, 5.74) is 1.81. The van der Waals surface area contributed by atoms with E-state index in [0.717, 1.165) is 37.2 Å². The molecule has 1 aromatic carbocycles. The van der Waals surface area contributed by atoms with Gasteiger partial charge < -0.3 is 4.74 Å². The Morgan fingerprint density at radius 2 is 2.00 bits per heavy atom. The minimum absolute atomic E-state index is 0.115. The first-order chi connectivity index (χ1) is 10.0. The largest absolute Gasteiger partial charge is 0.378 e. The van der Waals surface area contributed by atoms with Crippen LogP contribution in [-0.4, -0.2) is 43.0 Å². The van der Waals surface area contributed by atoms with Crippen LogP contribution in [0.1, 0.15) is 24.0 Å². The standard InChI is InChI=1S/C17H22FNO2/c1-11-5-14(18)4-3-12(11)8-17(20)13-6-15-9-21-10-16(7-13)19(15)2/h3-5,13,15-16H,6-10H2,1-2H3. The van der Waals surface area contributed by atoms with Crippen molar-refractivity contribution in [1.82, 2.24) is 4.90 Å². The number of ketones is 1. The van der Waals surface area contributed by atoms with Gasteiger partial charge >= 0.3 is 0 Å². The maximum atomic E-state index is 13.1. The van der Waals surface area contributed by atoms with Gasteiger partial charge in [0.1, 0.15) is 11.6 Å². The maximum absolute atomic E-state index is 13.1. The Balaban J connectivity index is 1.68. The van der Waals surface area contributed by atoms with Gasteiger partial charge in [-0.25, -0.2) is 4.39 Å². The summed E-state index contributed by atoms with van der Waals surface area (Å²) >= 11 is 0. The summed E-state index contributed by atoms with van der Waals surface area (Å²) in [4.78, 5) is 14.9. The van der Waals surface area contributed by atoms with E-state index in [1.54, 1.807) is 6.07 Å². The van der Waals surface area contributed by atoms with E-state index in [9.17, 15) is 9.18 Å². The van der Waals surface area contributed by atoms with Gasteiger partial charge in [0.2, 0.25) is 0 Å². The van der Waals surface area contributed by atoms with Crippen LogP contribution in [0.5, 0.6) is 0 Å². The molecule has 0 amide bonds. The fourth-order valence-corrected chi connectivity index (χ4v) is 3.55. The van der Waals surface area contributed by atoms with Crippen LogP contribution in [0.2, 0.25) is 0 Å². The van der Waals surface area contributed by atoms with Gasteiger partial charge in [-0.2, -0.15) is 0 Å². The van der Waals surface area contributed by atoms with E-state index in [1.807, 2.05) is 6.92 Å². The molecule has 1 aromatic rings. The first kappa shape index (κ1) is 14.7. The molecule has 2 bridgehead atoms. The lowest BCUT2D eigenvalue weighted by Gasteiger charge is -2.46. The molecule has 0 N–H and O–H groups in total. The van der Waals surface area contributed by atoms with Crippen molar-refractivity contribution in [2.75, 3.05) is 20.3 Å². The molecule has 2 fully saturated rings. The Kier molecular flexibility index (Phi) is 4.09. The summed E-state index contributed by atoms with van der Waals surface area (Å²) in [6.45, 7) is 3.32. The van der Waals surface area contributed by atoms with Gasteiger partial charge in [0.05, 0.1) is 13.2 Å². The van der Waals surface area contributed by atoms with E-state index < -0.39 is 0 Å². The molecule has 2 aliphatic rings. The summed E-state index contributed by atoms with van der Waals surface area (Å²) in [6.07, 6.45) is 2.18. The van der Waals surface area contributed by atoms with Crippen molar-refractivity contribution < 1.29 is 13.9 Å². The lowest BCUT2D eigenvalue weighted by molar-refractivity contribution is -0.130. The molecule has 2 heterocycles. The molecule has 3 rings (SSSR count). The minimum atomic E-state index is -0.241. The molecule has 2 atom stereocenters. The minimum Gasteiger partial charge on any atom is -0.378 e. The van der Waals surface area contributed by atoms with Crippen molar-refractivity contribution in [3.63, 3.8) is 0 Å². The van der Waals surface area contributed by atoms with Crippen LogP contribution in [0.4, 0.5) is 4.39 Å². The fourth-order valence-electron chi connectivity index (χ4n) is 3.55. The summed E-state index contributed by atoms with van der Waals surface area (Å²) < 4.78 is 18.7. The quantitative estimate of drug-likeness (QED) is 0.856. The van der Waals surface area contributed by atoms with E-state index in [4.69, 9.17) is 4.74 Å². The van der Waals surface area contributed by atoms with Crippen LogP contribution in [0.25, 0.3) is 0 Å². The van der Waals surface area contributed by atoms with Crippen LogP contribution >= 0.6 is 0 Å². The fraction of sp³-hybridized carbons (Fsp3) is 0.588. The van der Waals surface area contributed by atoms with E-state index in [1.165, 1.54) is 12.1 Å². The van der Waals surface area contributed by atoms with Gasteiger partial charge in [-0.15, -0.1) is 0 Å². The molecule has 0 aromatic heterocycles. The Morgan fingerprint density at radius 3 is 2.62 bits per heavy atom. The molecule has 0 radical (unpaired) electrons. The lowest BCUT2D eigenvalue weighted by Crippen LogP contribution is -2.56. The number of benzene rings is 1. The summed E-state index contributed by atoms with van der Waals surface area (Å²) in [5, 5.41) is 0. The predicted molar refractivity (Wildman–Crippen MR) is 78.7 cm³/mol. The first-order valence-corrected chi connectivity index (χ1v) is 7.62. The number of halogens is 1. The number of rotatable bonds is 3. The van der Waals surface area contributed by atoms with Crippen LogP contribution in [0.3, 0.4) is 0 Å². The van der Waals surface area contributed by atoms with Gasteiger partial charge in [0.15, 0.2) is 0 Å². The number of carbonyl (C=O) groups excluding carboxylic acids is 1. The summed E-state index contributed by atoms with van der Waals surface area (Å²) in [7, 11) is 2.13. The number of fused-ring (bicyclic) bond motifs is 2. The number of likely N-dealkylation sites (N-methyl/N-ethyl adjacent to an activating group) is 1. The average Bonchev–Trinajstić information content (AvgIpc) is 2.41. The zero-order valence-corrected chi connectivity index (χ0v) is 12.6. The van der Waals surface area contributed by atoms with Gasteiger partial charge in [-0.3, -0.25) is 9.69 Å². The molecular formula is C17H22FNO2. The van der Waals surface area contributed by atoms with Gasteiger partial charge in [-0.1, -0.05) is 6.07 Å². The molecular weight excluding hydrogens is 269 g/mol.